The minimum atomic E-state index is -0.144. The molecule has 0 atom stereocenters. The lowest BCUT2D eigenvalue weighted by Crippen LogP contribution is -2.23. The van der Waals surface area contributed by atoms with E-state index in [2.05, 4.69) is 38.1 Å². The summed E-state index contributed by atoms with van der Waals surface area (Å²) in [5, 5.41) is 8.18. The number of nitrogens with zero attached hydrogens (tertiary/aromatic N) is 2. The van der Waals surface area contributed by atoms with Gasteiger partial charge in [0.25, 0.3) is 5.91 Å². The molecule has 0 fully saturated rings. The molecular formula is C20H28ClN3O. The van der Waals surface area contributed by atoms with Crippen molar-refractivity contribution in [3.05, 3.63) is 52.3 Å². The Hall–Kier alpha value is -1.81. The number of benzene rings is 1. The highest BCUT2D eigenvalue weighted by Crippen LogP contribution is 2.23. The summed E-state index contributed by atoms with van der Waals surface area (Å²) in [6, 6.07) is 9.38. The zero-order chi connectivity index (χ0) is 18.4. The maximum Gasteiger partial charge on any atom is 0.272 e. The van der Waals surface area contributed by atoms with Crippen LogP contribution in [0.5, 0.6) is 0 Å². The minimum absolute atomic E-state index is 0.0477. The molecule has 2 rings (SSSR count). The van der Waals surface area contributed by atoms with Crippen LogP contribution in [0.2, 0.25) is 5.02 Å². The summed E-state index contributed by atoms with van der Waals surface area (Å²) in [6.07, 6.45) is 3.41. The molecule has 0 radical (unpaired) electrons. The van der Waals surface area contributed by atoms with E-state index >= 15 is 0 Å². The van der Waals surface area contributed by atoms with Crippen LogP contribution in [0.4, 0.5) is 0 Å². The fraction of sp³-hybridized carbons (Fsp3) is 0.500. The molecule has 0 bridgehead atoms. The third-order valence-corrected chi connectivity index (χ3v) is 4.37. The third kappa shape index (κ3) is 5.60. The summed E-state index contributed by atoms with van der Waals surface area (Å²) in [6.45, 7) is 9.94. The second-order valence-electron chi connectivity index (χ2n) is 7.40. The van der Waals surface area contributed by atoms with Gasteiger partial charge in [0.2, 0.25) is 0 Å². The quantitative estimate of drug-likeness (QED) is 0.709. The molecular weight excluding hydrogens is 334 g/mol. The summed E-state index contributed by atoms with van der Waals surface area (Å²) >= 11 is 5.89. The van der Waals surface area contributed by atoms with Crippen LogP contribution in [0.15, 0.2) is 30.3 Å². The molecule has 1 heterocycles. The highest BCUT2D eigenvalue weighted by molar-refractivity contribution is 6.30. The van der Waals surface area contributed by atoms with Gasteiger partial charge in [0, 0.05) is 29.2 Å². The summed E-state index contributed by atoms with van der Waals surface area (Å²) in [7, 11) is 0. The van der Waals surface area contributed by atoms with Gasteiger partial charge in [-0.05, 0) is 30.2 Å². The van der Waals surface area contributed by atoms with Crippen LogP contribution in [-0.2, 0) is 18.5 Å². The summed E-state index contributed by atoms with van der Waals surface area (Å²) in [5.41, 5.74) is 2.54. The van der Waals surface area contributed by atoms with E-state index < -0.39 is 0 Å². The highest BCUT2D eigenvalue weighted by Gasteiger charge is 2.23. The first-order chi connectivity index (χ1) is 11.8. The van der Waals surface area contributed by atoms with Crippen molar-refractivity contribution in [3.63, 3.8) is 0 Å². The number of carbonyl (C=O) groups excluding carboxylic acids is 1. The number of aromatic nitrogens is 2. The largest absolute Gasteiger partial charge is 0.347 e. The first-order valence-corrected chi connectivity index (χ1v) is 9.30. The normalized spacial score (nSPS) is 11.6. The van der Waals surface area contributed by atoms with Crippen LogP contribution in [-0.4, -0.2) is 15.7 Å². The first kappa shape index (κ1) is 19.5. The Bertz CT molecular complexity index is 699. The number of aryl methyl sites for hydroxylation is 1. The van der Waals surface area contributed by atoms with Crippen LogP contribution in [0.1, 0.15) is 68.7 Å². The van der Waals surface area contributed by atoms with Gasteiger partial charge in [-0.25, -0.2) is 0 Å². The van der Waals surface area contributed by atoms with Gasteiger partial charge in [-0.2, -0.15) is 5.10 Å². The Labute approximate surface area is 155 Å². The second-order valence-corrected chi connectivity index (χ2v) is 7.84. The predicted octanol–water partition coefficient (Wildman–Crippen LogP) is 4.95. The van der Waals surface area contributed by atoms with Crippen molar-refractivity contribution in [2.45, 2.75) is 65.5 Å². The lowest BCUT2D eigenvalue weighted by Gasteiger charge is -2.20. The maximum atomic E-state index is 12.5. The number of carbonyl (C=O) groups is 1. The standard InChI is InChI=1S/C20H28ClN3O/c1-5-6-7-12-24-18(20(2,3)4)13-17(23-24)19(25)22-14-15-8-10-16(21)11-9-15/h8-11,13H,5-7,12,14H2,1-4H3,(H,22,25). The van der Waals surface area contributed by atoms with Gasteiger partial charge in [0.15, 0.2) is 0 Å². The Kier molecular flexibility index (Phi) is 6.65. The van der Waals surface area contributed by atoms with Gasteiger partial charge in [0.05, 0.1) is 0 Å². The van der Waals surface area contributed by atoms with E-state index in [0.717, 1.165) is 24.2 Å². The molecule has 1 amide bonds. The van der Waals surface area contributed by atoms with E-state index in [-0.39, 0.29) is 11.3 Å². The van der Waals surface area contributed by atoms with Gasteiger partial charge < -0.3 is 5.32 Å². The van der Waals surface area contributed by atoms with Crippen LogP contribution >= 0.6 is 11.6 Å². The lowest BCUT2D eigenvalue weighted by atomic mass is 9.91. The molecule has 4 nitrogen and oxygen atoms in total. The van der Waals surface area contributed by atoms with Crippen LogP contribution in [0, 0.1) is 0 Å². The molecule has 0 saturated heterocycles. The molecule has 0 spiro atoms. The van der Waals surface area contributed by atoms with Crippen LogP contribution in [0.25, 0.3) is 0 Å². The Morgan fingerprint density at radius 2 is 1.88 bits per heavy atom. The molecule has 0 aliphatic heterocycles. The smallest absolute Gasteiger partial charge is 0.272 e. The minimum Gasteiger partial charge on any atom is -0.347 e. The van der Waals surface area contributed by atoms with Crippen molar-refractivity contribution in [1.82, 2.24) is 15.1 Å². The van der Waals surface area contributed by atoms with E-state index in [4.69, 9.17) is 11.6 Å². The van der Waals surface area contributed by atoms with Crippen molar-refractivity contribution in [3.8, 4) is 0 Å². The number of nitrogens with one attached hydrogen (secondary N) is 1. The molecule has 25 heavy (non-hydrogen) atoms. The molecule has 0 saturated carbocycles. The van der Waals surface area contributed by atoms with E-state index in [1.54, 1.807) is 0 Å². The Balaban J connectivity index is 2.08. The van der Waals surface area contributed by atoms with E-state index in [9.17, 15) is 4.79 Å². The second kappa shape index (κ2) is 8.52. The molecule has 2 aromatic rings. The number of rotatable bonds is 7. The fourth-order valence-electron chi connectivity index (χ4n) is 2.69. The van der Waals surface area contributed by atoms with Crippen molar-refractivity contribution in [2.75, 3.05) is 0 Å². The van der Waals surface area contributed by atoms with Crippen molar-refractivity contribution in [1.29, 1.82) is 0 Å². The number of amides is 1. The molecule has 0 unspecified atom stereocenters. The maximum absolute atomic E-state index is 12.5. The molecule has 1 N–H and O–H groups in total. The molecule has 136 valence electrons. The fourth-order valence-corrected chi connectivity index (χ4v) is 2.81. The van der Waals surface area contributed by atoms with Gasteiger partial charge in [-0.1, -0.05) is 64.3 Å². The lowest BCUT2D eigenvalue weighted by molar-refractivity contribution is 0.0945. The van der Waals surface area contributed by atoms with Crippen molar-refractivity contribution >= 4 is 17.5 Å². The molecule has 1 aromatic heterocycles. The van der Waals surface area contributed by atoms with Crippen molar-refractivity contribution < 1.29 is 4.79 Å². The van der Waals surface area contributed by atoms with Crippen LogP contribution in [0.3, 0.4) is 0 Å². The zero-order valence-electron chi connectivity index (χ0n) is 15.6. The van der Waals surface area contributed by atoms with Gasteiger partial charge in [-0.15, -0.1) is 0 Å². The molecule has 0 aliphatic carbocycles. The molecule has 1 aromatic carbocycles. The molecule has 0 aliphatic rings. The summed E-state index contributed by atoms with van der Waals surface area (Å²) < 4.78 is 1.99. The molecule has 5 heteroatoms. The topological polar surface area (TPSA) is 46.9 Å². The number of hydrogen-bond donors (Lipinski definition) is 1. The average Bonchev–Trinajstić information content (AvgIpc) is 2.99. The summed E-state index contributed by atoms with van der Waals surface area (Å²) in [5.74, 6) is -0.144. The van der Waals surface area contributed by atoms with E-state index in [0.29, 0.717) is 17.3 Å². The van der Waals surface area contributed by atoms with Crippen molar-refractivity contribution in [2.24, 2.45) is 0 Å². The number of halogens is 1. The Morgan fingerprint density at radius 3 is 2.48 bits per heavy atom. The predicted molar refractivity (Wildman–Crippen MR) is 103 cm³/mol. The highest BCUT2D eigenvalue weighted by atomic mass is 35.5. The number of hydrogen-bond acceptors (Lipinski definition) is 2. The third-order valence-electron chi connectivity index (χ3n) is 4.12. The SMILES string of the molecule is CCCCCn1nc(C(=O)NCc2ccc(Cl)cc2)cc1C(C)(C)C. The van der Waals surface area contributed by atoms with E-state index in [1.807, 2.05) is 35.0 Å². The first-order valence-electron chi connectivity index (χ1n) is 8.92. The Morgan fingerprint density at radius 1 is 1.20 bits per heavy atom. The van der Waals surface area contributed by atoms with Gasteiger partial charge in [-0.3, -0.25) is 9.48 Å². The van der Waals surface area contributed by atoms with Crippen LogP contribution < -0.4 is 5.32 Å². The van der Waals surface area contributed by atoms with Gasteiger partial charge >= 0.3 is 0 Å². The van der Waals surface area contributed by atoms with E-state index in [1.165, 1.54) is 12.8 Å². The average molecular weight is 362 g/mol. The zero-order valence-corrected chi connectivity index (χ0v) is 16.4. The summed E-state index contributed by atoms with van der Waals surface area (Å²) in [4.78, 5) is 12.5. The van der Waals surface area contributed by atoms with Gasteiger partial charge in [0.1, 0.15) is 5.69 Å². The number of unbranched alkanes of at least 4 members (excludes halogenated alkanes) is 2. The monoisotopic (exact) mass is 361 g/mol.